The van der Waals surface area contributed by atoms with Gasteiger partial charge in [0.1, 0.15) is 6.23 Å². The van der Waals surface area contributed by atoms with E-state index < -0.39 is 6.23 Å². The summed E-state index contributed by atoms with van der Waals surface area (Å²) in [6.45, 7) is 0. The minimum Gasteiger partial charge on any atom is -0.481 e. The van der Waals surface area contributed by atoms with Crippen molar-refractivity contribution in [1.82, 2.24) is 9.97 Å². The fourth-order valence-corrected chi connectivity index (χ4v) is 1.62. The average molecular weight is 239 g/mol. The third-order valence-electron chi connectivity index (χ3n) is 2.48. The van der Waals surface area contributed by atoms with E-state index in [1.54, 1.807) is 0 Å². The maximum atomic E-state index is 11.6. The summed E-state index contributed by atoms with van der Waals surface area (Å²) >= 11 is 0. The summed E-state index contributed by atoms with van der Waals surface area (Å²) in [5.74, 6) is 0.432. The molecule has 0 saturated carbocycles. The molecular weight excluding hydrogens is 226 g/mol. The van der Waals surface area contributed by atoms with Crippen LogP contribution in [0.5, 0.6) is 11.8 Å². The number of aliphatic hydroxyl groups excluding tert-OH is 1. The van der Waals surface area contributed by atoms with Gasteiger partial charge in [0, 0.05) is 12.8 Å². The Morgan fingerprint density at radius 1 is 1.35 bits per heavy atom. The van der Waals surface area contributed by atoms with Crippen LogP contribution in [0.3, 0.4) is 0 Å². The van der Waals surface area contributed by atoms with Crippen LogP contribution >= 0.6 is 0 Å². The molecule has 0 aromatic carbocycles. The number of aromatic nitrogens is 2. The number of ether oxygens (including phenoxy) is 2. The Bertz CT molecular complexity index is 415. The molecule has 2 heterocycles. The van der Waals surface area contributed by atoms with E-state index in [-0.39, 0.29) is 30.0 Å². The molecule has 92 valence electrons. The monoisotopic (exact) mass is 239 g/mol. The fourth-order valence-electron chi connectivity index (χ4n) is 1.62. The number of carbonyl (C=O) groups is 1. The lowest BCUT2D eigenvalue weighted by atomic mass is 10.4. The van der Waals surface area contributed by atoms with E-state index in [2.05, 4.69) is 9.97 Å². The third kappa shape index (κ3) is 2.14. The molecule has 0 spiro atoms. The highest BCUT2D eigenvalue weighted by molar-refractivity contribution is 5.94. The molecule has 1 fully saturated rings. The smallest absolute Gasteiger partial charge is 0.240 e. The normalized spacial score (nSPS) is 19.6. The number of nitrogens with zero attached hydrogens (tertiary/aromatic N) is 3. The highest BCUT2D eigenvalue weighted by Gasteiger charge is 2.33. The molecule has 1 saturated heterocycles. The molecular formula is C10H13N3O4. The highest BCUT2D eigenvalue weighted by atomic mass is 16.5. The number of aliphatic hydroxyl groups is 1. The number of hydrogen-bond acceptors (Lipinski definition) is 6. The van der Waals surface area contributed by atoms with Crippen molar-refractivity contribution in [3.63, 3.8) is 0 Å². The Labute approximate surface area is 98.0 Å². The zero-order valence-electron chi connectivity index (χ0n) is 9.58. The lowest BCUT2D eigenvalue weighted by molar-refractivity contribution is -0.117. The first-order valence-corrected chi connectivity index (χ1v) is 5.13. The van der Waals surface area contributed by atoms with Gasteiger partial charge >= 0.3 is 0 Å². The first-order valence-electron chi connectivity index (χ1n) is 5.13. The van der Waals surface area contributed by atoms with Crippen LogP contribution < -0.4 is 14.4 Å². The summed E-state index contributed by atoms with van der Waals surface area (Å²) in [6, 6.07) is 1.50. The van der Waals surface area contributed by atoms with Gasteiger partial charge in [-0.05, 0) is 0 Å². The number of carbonyl (C=O) groups excluding carboxylic acids is 1. The van der Waals surface area contributed by atoms with E-state index in [4.69, 9.17) is 9.47 Å². The average Bonchev–Trinajstić information content (AvgIpc) is 2.68. The zero-order valence-corrected chi connectivity index (χ0v) is 9.58. The summed E-state index contributed by atoms with van der Waals surface area (Å²) in [6.07, 6.45) is -0.231. The second kappa shape index (κ2) is 4.54. The van der Waals surface area contributed by atoms with Crippen molar-refractivity contribution in [3.05, 3.63) is 6.07 Å². The highest BCUT2D eigenvalue weighted by Crippen LogP contribution is 2.26. The van der Waals surface area contributed by atoms with Gasteiger partial charge in [0.2, 0.25) is 23.6 Å². The maximum Gasteiger partial charge on any atom is 0.240 e. The van der Waals surface area contributed by atoms with E-state index >= 15 is 0 Å². The maximum absolute atomic E-state index is 11.6. The minimum atomic E-state index is -0.890. The number of hydrogen-bond donors (Lipinski definition) is 1. The van der Waals surface area contributed by atoms with Gasteiger partial charge in [-0.15, -0.1) is 0 Å². The van der Waals surface area contributed by atoms with E-state index in [1.807, 2.05) is 0 Å². The van der Waals surface area contributed by atoms with Crippen LogP contribution in [0.25, 0.3) is 0 Å². The molecule has 1 atom stereocenters. The molecule has 0 radical (unpaired) electrons. The summed E-state index contributed by atoms with van der Waals surface area (Å²) in [5.41, 5.74) is 0. The summed E-state index contributed by atoms with van der Waals surface area (Å²) in [4.78, 5) is 20.8. The second-order valence-corrected chi connectivity index (χ2v) is 3.54. The molecule has 17 heavy (non-hydrogen) atoms. The quantitative estimate of drug-likeness (QED) is 0.795. The van der Waals surface area contributed by atoms with Gasteiger partial charge in [-0.25, -0.2) is 0 Å². The Kier molecular flexibility index (Phi) is 3.10. The largest absolute Gasteiger partial charge is 0.481 e. The zero-order chi connectivity index (χ0) is 12.4. The molecule has 1 aliphatic heterocycles. The molecule has 0 bridgehead atoms. The van der Waals surface area contributed by atoms with Crippen molar-refractivity contribution in [2.24, 2.45) is 0 Å². The van der Waals surface area contributed by atoms with Crippen molar-refractivity contribution >= 4 is 11.9 Å². The standard InChI is InChI=1S/C10H13N3O4/c1-16-6-5-7(17-2)12-10(11-6)13-8(14)3-4-9(13)15/h5,8,14H,3-4H2,1-2H3. The van der Waals surface area contributed by atoms with Crippen molar-refractivity contribution in [2.75, 3.05) is 19.1 Å². The first-order chi connectivity index (χ1) is 8.15. The van der Waals surface area contributed by atoms with Gasteiger partial charge in [-0.2, -0.15) is 9.97 Å². The molecule has 1 aromatic rings. The number of amides is 1. The van der Waals surface area contributed by atoms with E-state index in [0.717, 1.165) is 4.90 Å². The van der Waals surface area contributed by atoms with E-state index in [9.17, 15) is 9.90 Å². The molecule has 7 nitrogen and oxygen atoms in total. The Morgan fingerprint density at radius 3 is 2.35 bits per heavy atom. The Morgan fingerprint density at radius 2 is 1.94 bits per heavy atom. The minimum absolute atomic E-state index is 0.0937. The molecule has 1 aliphatic rings. The lowest BCUT2D eigenvalue weighted by Crippen LogP contribution is -2.34. The molecule has 1 amide bonds. The molecule has 2 rings (SSSR count). The van der Waals surface area contributed by atoms with Gasteiger partial charge in [-0.1, -0.05) is 0 Å². The van der Waals surface area contributed by atoms with E-state index in [1.165, 1.54) is 20.3 Å². The molecule has 1 N–H and O–H groups in total. The van der Waals surface area contributed by atoms with Crippen molar-refractivity contribution in [2.45, 2.75) is 19.1 Å². The third-order valence-corrected chi connectivity index (χ3v) is 2.48. The Balaban J connectivity index is 2.40. The topological polar surface area (TPSA) is 84.8 Å². The van der Waals surface area contributed by atoms with Gasteiger partial charge in [0.15, 0.2) is 0 Å². The number of methoxy groups -OCH3 is 2. The number of rotatable bonds is 3. The van der Waals surface area contributed by atoms with Crippen molar-refractivity contribution < 1.29 is 19.4 Å². The summed E-state index contributed by atoms with van der Waals surface area (Å²) in [5, 5.41) is 9.68. The molecule has 0 aliphatic carbocycles. The van der Waals surface area contributed by atoms with E-state index in [0.29, 0.717) is 6.42 Å². The van der Waals surface area contributed by atoms with Crippen molar-refractivity contribution in [1.29, 1.82) is 0 Å². The van der Waals surface area contributed by atoms with Gasteiger partial charge in [-0.3, -0.25) is 9.69 Å². The van der Waals surface area contributed by atoms with Crippen LogP contribution in [0.2, 0.25) is 0 Å². The molecule has 7 heteroatoms. The van der Waals surface area contributed by atoms with Gasteiger partial charge < -0.3 is 14.6 Å². The Hall–Kier alpha value is -1.89. The van der Waals surface area contributed by atoms with Gasteiger partial charge in [0.25, 0.3) is 0 Å². The predicted octanol–water partition coefficient (Wildman–Crippen LogP) is -0.0610. The molecule has 1 unspecified atom stereocenters. The van der Waals surface area contributed by atoms with Gasteiger partial charge in [0.05, 0.1) is 20.3 Å². The summed E-state index contributed by atoms with van der Waals surface area (Å²) < 4.78 is 9.95. The van der Waals surface area contributed by atoms with Crippen LogP contribution in [-0.2, 0) is 4.79 Å². The summed E-state index contributed by atoms with van der Waals surface area (Å²) in [7, 11) is 2.90. The van der Waals surface area contributed by atoms with Crippen LogP contribution in [0.4, 0.5) is 5.95 Å². The first kappa shape index (κ1) is 11.6. The van der Waals surface area contributed by atoms with Crippen molar-refractivity contribution in [3.8, 4) is 11.8 Å². The fraction of sp³-hybridized carbons (Fsp3) is 0.500. The second-order valence-electron chi connectivity index (χ2n) is 3.54. The van der Waals surface area contributed by atoms with Crippen LogP contribution in [0, 0.1) is 0 Å². The van der Waals surface area contributed by atoms with Crippen LogP contribution in [-0.4, -0.2) is 41.4 Å². The van der Waals surface area contributed by atoms with Crippen LogP contribution in [0.1, 0.15) is 12.8 Å². The predicted molar refractivity (Wildman–Crippen MR) is 57.9 cm³/mol. The molecule has 1 aromatic heterocycles. The lowest BCUT2D eigenvalue weighted by Gasteiger charge is -2.18. The van der Waals surface area contributed by atoms with Crippen LogP contribution in [0.15, 0.2) is 6.07 Å². The number of anilines is 1. The SMILES string of the molecule is COc1cc(OC)nc(N2C(=O)CCC2O)n1.